The summed E-state index contributed by atoms with van der Waals surface area (Å²) in [6, 6.07) is 0.102. The third-order valence-corrected chi connectivity index (χ3v) is 7.26. The molecule has 10 heteroatoms. The summed E-state index contributed by atoms with van der Waals surface area (Å²) in [6.07, 6.45) is 6.77. The van der Waals surface area contributed by atoms with Crippen LogP contribution in [-0.4, -0.2) is 71.3 Å². The van der Waals surface area contributed by atoms with E-state index in [-0.39, 0.29) is 22.8 Å². The van der Waals surface area contributed by atoms with Gasteiger partial charge < -0.3 is 26.4 Å². The maximum Gasteiger partial charge on any atom is 0.167 e. The van der Waals surface area contributed by atoms with Gasteiger partial charge in [0.2, 0.25) is 0 Å². The van der Waals surface area contributed by atoms with E-state index in [1.54, 1.807) is 4.57 Å². The lowest BCUT2D eigenvalue weighted by atomic mass is 10.1. The molecule has 3 heterocycles. The van der Waals surface area contributed by atoms with Crippen LogP contribution >= 0.6 is 0 Å². The second kappa shape index (κ2) is 6.78. The quantitative estimate of drug-likeness (QED) is 0.388. The van der Waals surface area contributed by atoms with Gasteiger partial charge in [0, 0.05) is 12.5 Å². The number of aromatic nitrogens is 4. The molecule has 140 valence electrons. The van der Waals surface area contributed by atoms with E-state index < -0.39 is 24.5 Å². The highest BCUT2D eigenvalue weighted by molar-refractivity contribution is 7.97. The number of nitrogens with two attached hydrogens (primary N) is 2. The summed E-state index contributed by atoms with van der Waals surface area (Å²) in [5.74, 6) is 0.915. The maximum absolute atomic E-state index is 10.5. The van der Waals surface area contributed by atoms with Gasteiger partial charge in [-0.25, -0.2) is 15.0 Å². The molecule has 2 unspecified atom stereocenters. The van der Waals surface area contributed by atoms with Crippen molar-refractivity contribution in [3.05, 3.63) is 24.8 Å². The average Bonchev–Trinajstić information content (AvgIpc) is 3.30. The van der Waals surface area contributed by atoms with Crippen molar-refractivity contribution in [3.63, 3.8) is 0 Å². The van der Waals surface area contributed by atoms with Gasteiger partial charge in [-0.15, -0.1) is 0 Å². The van der Waals surface area contributed by atoms with Crippen molar-refractivity contribution < 1.29 is 14.9 Å². The molecular weight excluding hydrogens is 356 g/mol. The van der Waals surface area contributed by atoms with Crippen molar-refractivity contribution >= 4 is 27.9 Å². The van der Waals surface area contributed by atoms with Gasteiger partial charge in [-0.3, -0.25) is 4.57 Å². The van der Waals surface area contributed by atoms with E-state index in [1.165, 1.54) is 12.7 Å². The van der Waals surface area contributed by atoms with E-state index >= 15 is 0 Å². The van der Waals surface area contributed by atoms with Gasteiger partial charge in [0.25, 0.3) is 0 Å². The van der Waals surface area contributed by atoms with Crippen LogP contribution < -0.4 is 11.5 Å². The predicted molar refractivity (Wildman–Crippen MR) is 99.3 cm³/mol. The monoisotopic (exact) mass is 379 g/mol. The topological polar surface area (TPSA) is 145 Å². The Balaban J connectivity index is 1.52. The van der Waals surface area contributed by atoms with Gasteiger partial charge in [-0.05, 0) is 17.0 Å². The molecule has 6 N–H and O–H groups in total. The highest BCUT2D eigenvalue weighted by atomic mass is 32.2. The molecule has 1 saturated heterocycles. The molecule has 0 aromatic carbocycles. The van der Waals surface area contributed by atoms with Crippen LogP contribution in [0.15, 0.2) is 24.8 Å². The molecule has 1 aliphatic heterocycles. The Morgan fingerprint density at radius 2 is 2.08 bits per heavy atom. The number of nitrogens with zero attached hydrogens (tertiary/aromatic N) is 4. The molecule has 7 atom stereocenters. The minimum Gasteiger partial charge on any atom is -0.387 e. The third-order valence-electron chi connectivity index (χ3n) is 5.02. The average molecular weight is 379 g/mol. The number of rotatable bonds is 4. The fourth-order valence-electron chi connectivity index (χ4n) is 3.53. The Morgan fingerprint density at radius 1 is 1.27 bits per heavy atom. The van der Waals surface area contributed by atoms with Gasteiger partial charge in [-0.1, -0.05) is 6.08 Å². The molecule has 1 aliphatic carbocycles. The van der Waals surface area contributed by atoms with E-state index in [0.29, 0.717) is 22.2 Å². The number of aliphatic hydroxyl groups excluding tert-OH is 2. The minimum atomic E-state index is -1.08. The van der Waals surface area contributed by atoms with Gasteiger partial charge in [-0.2, -0.15) is 0 Å². The van der Waals surface area contributed by atoms with Crippen LogP contribution in [0, 0.1) is 0 Å². The molecule has 26 heavy (non-hydrogen) atoms. The summed E-state index contributed by atoms with van der Waals surface area (Å²) in [4.78, 5) is 12.3. The first-order chi connectivity index (χ1) is 12.5. The SMILES string of the molecule is C[S+](C[C@H]1O[C@@H](n2cnc3c(N)ncnc32)[C@H](O)[C@@H]1O)C1C=C[C@H](N)C1. The van der Waals surface area contributed by atoms with Gasteiger partial charge in [0.05, 0.1) is 12.6 Å². The Hall–Kier alpha value is -1.72. The number of hydrogen-bond donors (Lipinski definition) is 4. The lowest BCUT2D eigenvalue weighted by Crippen LogP contribution is -2.37. The summed E-state index contributed by atoms with van der Waals surface area (Å²) in [5, 5.41) is 21.4. The molecule has 2 aliphatic rings. The van der Waals surface area contributed by atoms with E-state index in [1.807, 2.05) is 6.08 Å². The molecule has 9 nitrogen and oxygen atoms in total. The Morgan fingerprint density at radius 3 is 2.81 bits per heavy atom. The Labute approximate surface area is 153 Å². The summed E-state index contributed by atoms with van der Waals surface area (Å²) >= 11 is 0. The highest BCUT2D eigenvalue weighted by Gasteiger charge is 2.47. The van der Waals surface area contributed by atoms with E-state index in [9.17, 15) is 10.2 Å². The first kappa shape index (κ1) is 17.7. The molecule has 0 saturated carbocycles. The zero-order valence-corrected chi connectivity index (χ0v) is 15.2. The van der Waals surface area contributed by atoms with Gasteiger partial charge in [0.1, 0.15) is 41.2 Å². The number of ether oxygens (including phenoxy) is 1. The van der Waals surface area contributed by atoms with Crippen LogP contribution in [0.5, 0.6) is 0 Å². The fraction of sp³-hybridized carbons (Fsp3) is 0.562. The minimum absolute atomic E-state index is 0.0175. The van der Waals surface area contributed by atoms with Gasteiger partial charge >= 0.3 is 0 Å². The van der Waals surface area contributed by atoms with Crippen molar-refractivity contribution in [1.29, 1.82) is 0 Å². The standard InChI is InChI=1S/C16H23N6O3S/c1-26(9-3-2-8(17)4-9)5-10-12(23)13(24)16(25-10)22-7-21-11-14(18)19-6-20-15(11)22/h2-3,6-10,12-13,16,23-24H,4-5,17H2,1H3,(H2,18,19,20)/q+1/t8-,9?,10+,12+,13+,16+,26?/m0/s1. The van der Waals surface area contributed by atoms with Crippen LogP contribution in [0.2, 0.25) is 0 Å². The number of hydrogen-bond acceptors (Lipinski definition) is 8. The van der Waals surface area contributed by atoms with E-state index in [0.717, 1.165) is 6.42 Å². The normalized spacial score (nSPS) is 35.4. The summed E-state index contributed by atoms with van der Waals surface area (Å²) < 4.78 is 7.61. The Bertz CT molecular complexity index is 829. The molecule has 0 bridgehead atoms. The van der Waals surface area contributed by atoms with Crippen LogP contribution in [0.3, 0.4) is 0 Å². The highest BCUT2D eigenvalue weighted by Crippen LogP contribution is 2.33. The van der Waals surface area contributed by atoms with E-state index in [4.69, 9.17) is 16.2 Å². The van der Waals surface area contributed by atoms with Gasteiger partial charge in [0.15, 0.2) is 17.7 Å². The van der Waals surface area contributed by atoms with Crippen molar-refractivity contribution in [2.75, 3.05) is 17.7 Å². The molecule has 0 amide bonds. The van der Waals surface area contributed by atoms with Crippen molar-refractivity contribution in [1.82, 2.24) is 19.5 Å². The zero-order valence-electron chi connectivity index (χ0n) is 14.3. The Kier molecular flexibility index (Phi) is 4.61. The molecule has 2 aromatic rings. The molecular formula is C16H23N6O3S+. The molecule has 0 radical (unpaired) electrons. The van der Waals surface area contributed by atoms with Crippen LogP contribution in [0.25, 0.3) is 11.2 Å². The van der Waals surface area contributed by atoms with Crippen LogP contribution in [0.1, 0.15) is 12.6 Å². The van der Waals surface area contributed by atoms with Crippen molar-refractivity contribution in [2.24, 2.45) is 5.73 Å². The summed E-state index contributed by atoms with van der Waals surface area (Å²) in [6.45, 7) is 0. The molecule has 4 rings (SSSR count). The second-order valence-corrected chi connectivity index (χ2v) is 9.13. The summed E-state index contributed by atoms with van der Waals surface area (Å²) in [7, 11) is -0.0175. The largest absolute Gasteiger partial charge is 0.387 e. The third kappa shape index (κ3) is 2.97. The van der Waals surface area contributed by atoms with Crippen LogP contribution in [-0.2, 0) is 15.6 Å². The molecule has 1 fully saturated rings. The first-order valence-corrected chi connectivity index (χ1v) is 10.3. The number of nitrogen functional groups attached to an aromatic ring is 1. The molecule has 2 aromatic heterocycles. The number of fused-ring (bicyclic) bond motifs is 1. The fourth-order valence-corrected chi connectivity index (χ4v) is 5.48. The number of imidazole rings is 1. The molecule has 0 spiro atoms. The number of aliphatic hydroxyl groups is 2. The lowest BCUT2D eigenvalue weighted by molar-refractivity contribution is -0.0290. The lowest BCUT2D eigenvalue weighted by Gasteiger charge is -2.17. The predicted octanol–water partition coefficient (Wildman–Crippen LogP) is -1.07. The maximum atomic E-state index is 10.5. The van der Waals surface area contributed by atoms with Crippen molar-refractivity contribution in [3.8, 4) is 0 Å². The first-order valence-electron chi connectivity index (χ1n) is 8.45. The zero-order chi connectivity index (χ0) is 18.4. The number of anilines is 1. The van der Waals surface area contributed by atoms with E-state index in [2.05, 4.69) is 27.3 Å². The van der Waals surface area contributed by atoms with Crippen LogP contribution in [0.4, 0.5) is 5.82 Å². The summed E-state index contributed by atoms with van der Waals surface area (Å²) in [5.41, 5.74) is 12.7. The smallest absolute Gasteiger partial charge is 0.167 e. The van der Waals surface area contributed by atoms with Crippen molar-refractivity contribution in [2.45, 2.75) is 42.3 Å². The second-order valence-electron chi connectivity index (χ2n) is 6.81.